The standard InChI is InChI=1S/C4H7N5/c1-2-3-4-6-7-8-9(4)5/h2H,1,3,5H2. The van der Waals surface area contributed by atoms with Gasteiger partial charge < -0.3 is 5.84 Å². The van der Waals surface area contributed by atoms with Gasteiger partial charge in [0, 0.05) is 6.42 Å². The van der Waals surface area contributed by atoms with Gasteiger partial charge in [-0.3, -0.25) is 0 Å². The minimum atomic E-state index is 0.601. The van der Waals surface area contributed by atoms with Crippen molar-refractivity contribution in [1.29, 1.82) is 0 Å². The highest BCUT2D eigenvalue weighted by Gasteiger charge is 1.96. The van der Waals surface area contributed by atoms with Crippen molar-refractivity contribution in [1.82, 2.24) is 20.3 Å². The minimum absolute atomic E-state index is 0.601. The number of aromatic nitrogens is 4. The summed E-state index contributed by atoms with van der Waals surface area (Å²) in [6.45, 7) is 3.51. The molecule has 0 amide bonds. The fraction of sp³-hybridized carbons (Fsp3) is 0.250. The maximum absolute atomic E-state index is 5.26. The average molecular weight is 125 g/mol. The van der Waals surface area contributed by atoms with E-state index in [2.05, 4.69) is 22.1 Å². The van der Waals surface area contributed by atoms with Crippen molar-refractivity contribution in [2.75, 3.05) is 5.84 Å². The van der Waals surface area contributed by atoms with Gasteiger partial charge in [-0.05, 0) is 10.4 Å². The second kappa shape index (κ2) is 2.25. The van der Waals surface area contributed by atoms with Crippen molar-refractivity contribution in [2.24, 2.45) is 0 Å². The summed E-state index contributed by atoms with van der Waals surface area (Å²) in [6.07, 6.45) is 2.29. The zero-order valence-electron chi connectivity index (χ0n) is 4.86. The average Bonchev–Trinajstić information content (AvgIpc) is 2.18. The second-order valence-corrected chi connectivity index (χ2v) is 1.53. The van der Waals surface area contributed by atoms with Crippen LogP contribution in [0.2, 0.25) is 0 Å². The number of rotatable bonds is 2. The van der Waals surface area contributed by atoms with E-state index in [1.165, 1.54) is 0 Å². The second-order valence-electron chi connectivity index (χ2n) is 1.53. The zero-order valence-corrected chi connectivity index (χ0v) is 4.86. The Morgan fingerprint density at radius 2 is 2.56 bits per heavy atom. The number of nitrogens with two attached hydrogens (primary N) is 1. The normalized spacial score (nSPS) is 9.33. The Kier molecular flexibility index (Phi) is 1.44. The molecule has 0 atom stereocenters. The predicted molar refractivity (Wildman–Crippen MR) is 31.9 cm³/mol. The summed E-state index contributed by atoms with van der Waals surface area (Å²) >= 11 is 0. The van der Waals surface area contributed by atoms with Gasteiger partial charge in [0.25, 0.3) is 0 Å². The van der Waals surface area contributed by atoms with Crippen molar-refractivity contribution < 1.29 is 0 Å². The van der Waals surface area contributed by atoms with E-state index in [9.17, 15) is 0 Å². The Balaban J connectivity index is 2.80. The summed E-state index contributed by atoms with van der Waals surface area (Å²) in [5.41, 5.74) is 0. The van der Waals surface area contributed by atoms with Crippen molar-refractivity contribution in [2.45, 2.75) is 6.42 Å². The molecule has 2 N–H and O–H groups in total. The predicted octanol–water partition coefficient (Wildman–Crippen LogP) is -0.885. The van der Waals surface area contributed by atoms with E-state index in [0.29, 0.717) is 12.2 Å². The molecule has 0 spiro atoms. The Hall–Kier alpha value is -1.39. The molecule has 0 fully saturated rings. The van der Waals surface area contributed by atoms with E-state index in [-0.39, 0.29) is 0 Å². The lowest BCUT2D eigenvalue weighted by molar-refractivity contribution is 0.736. The first-order valence-corrected chi connectivity index (χ1v) is 2.48. The van der Waals surface area contributed by atoms with Crippen molar-refractivity contribution >= 4 is 0 Å². The Bertz CT molecular complexity index is 202. The summed E-state index contributed by atoms with van der Waals surface area (Å²) in [4.78, 5) is 1.13. The highest BCUT2D eigenvalue weighted by molar-refractivity contribution is 4.88. The van der Waals surface area contributed by atoms with Crippen LogP contribution in [0.25, 0.3) is 0 Å². The van der Waals surface area contributed by atoms with Crippen LogP contribution in [0.3, 0.4) is 0 Å². The van der Waals surface area contributed by atoms with Gasteiger partial charge in [0.2, 0.25) is 0 Å². The maximum Gasteiger partial charge on any atom is 0.177 e. The van der Waals surface area contributed by atoms with Crippen molar-refractivity contribution in [3.05, 3.63) is 18.5 Å². The molecule has 9 heavy (non-hydrogen) atoms. The number of tetrazole rings is 1. The molecule has 5 heteroatoms. The van der Waals surface area contributed by atoms with Crippen LogP contribution < -0.4 is 5.84 Å². The first-order valence-electron chi connectivity index (χ1n) is 2.48. The molecular formula is C4H7N5. The number of nitrogen functional groups attached to an aromatic ring is 1. The Morgan fingerprint density at radius 1 is 1.78 bits per heavy atom. The highest BCUT2D eigenvalue weighted by Crippen LogP contribution is 1.86. The number of hydrogen-bond acceptors (Lipinski definition) is 4. The molecule has 0 saturated carbocycles. The molecule has 0 unspecified atom stereocenters. The molecular weight excluding hydrogens is 118 g/mol. The molecule has 0 aliphatic rings. The van der Waals surface area contributed by atoms with E-state index in [4.69, 9.17) is 5.84 Å². The van der Waals surface area contributed by atoms with Gasteiger partial charge in [-0.1, -0.05) is 6.08 Å². The molecule has 0 aliphatic carbocycles. The molecule has 1 aromatic rings. The molecule has 0 bridgehead atoms. The molecule has 1 rings (SSSR count). The lowest BCUT2D eigenvalue weighted by Gasteiger charge is -1.89. The van der Waals surface area contributed by atoms with Gasteiger partial charge in [0.1, 0.15) is 0 Å². The topological polar surface area (TPSA) is 69.6 Å². The molecule has 5 nitrogen and oxygen atoms in total. The molecule has 0 radical (unpaired) electrons. The molecule has 0 aliphatic heterocycles. The third kappa shape index (κ3) is 1.04. The summed E-state index contributed by atoms with van der Waals surface area (Å²) in [5, 5.41) is 10.4. The third-order valence-corrected chi connectivity index (χ3v) is 0.888. The lowest BCUT2D eigenvalue weighted by atomic mass is 10.4. The molecule has 0 saturated heterocycles. The summed E-state index contributed by atoms with van der Waals surface area (Å²) in [6, 6.07) is 0. The van der Waals surface area contributed by atoms with Gasteiger partial charge in [-0.15, -0.1) is 16.5 Å². The van der Waals surface area contributed by atoms with E-state index < -0.39 is 0 Å². The Labute approximate surface area is 52.1 Å². The minimum Gasteiger partial charge on any atom is -0.320 e. The van der Waals surface area contributed by atoms with Crippen LogP contribution in [-0.4, -0.2) is 20.3 Å². The first kappa shape index (κ1) is 5.74. The van der Waals surface area contributed by atoms with Crippen LogP contribution in [0.1, 0.15) is 5.82 Å². The molecule has 1 heterocycles. The fourth-order valence-electron chi connectivity index (χ4n) is 0.476. The van der Waals surface area contributed by atoms with Gasteiger partial charge in [0.15, 0.2) is 5.82 Å². The van der Waals surface area contributed by atoms with Gasteiger partial charge in [-0.25, -0.2) is 0 Å². The molecule has 48 valence electrons. The zero-order chi connectivity index (χ0) is 6.69. The van der Waals surface area contributed by atoms with Crippen LogP contribution in [0.15, 0.2) is 12.7 Å². The number of nitrogens with zero attached hydrogens (tertiary/aromatic N) is 4. The van der Waals surface area contributed by atoms with Gasteiger partial charge in [0.05, 0.1) is 0 Å². The van der Waals surface area contributed by atoms with E-state index in [0.717, 1.165) is 4.79 Å². The summed E-state index contributed by atoms with van der Waals surface area (Å²) in [5.74, 6) is 5.88. The van der Waals surface area contributed by atoms with E-state index in [1.54, 1.807) is 6.08 Å². The van der Waals surface area contributed by atoms with Crippen LogP contribution >= 0.6 is 0 Å². The molecule has 0 aromatic carbocycles. The fourth-order valence-corrected chi connectivity index (χ4v) is 0.476. The molecule has 1 aromatic heterocycles. The maximum atomic E-state index is 5.26. The number of hydrogen-bond donors (Lipinski definition) is 1. The van der Waals surface area contributed by atoms with Crippen LogP contribution in [-0.2, 0) is 6.42 Å². The first-order chi connectivity index (χ1) is 4.34. The van der Waals surface area contributed by atoms with Crippen LogP contribution in [0.4, 0.5) is 0 Å². The van der Waals surface area contributed by atoms with Gasteiger partial charge >= 0.3 is 0 Å². The Morgan fingerprint density at radius 3 is 3.00 bits per heavy atom. The van der Waals surface area contributed by atoms with Crippen molar-refractivity contribution in [3.63, 3.8) is 0 Å². The van der Waals surface area contributed by atoms with E-state index in [1.807, 2.05) is 0 Å². The van der Waals surface area contributed by atoms with Crippen LogP contribution in [0.5, 0.6) is 0 Å². The van der Waals surface area contributed by atoms with E-state index >= 15 is 0 Å². The largest absolute Gasteiger partial charge is 0.320 e. The number of allylic oxidation sites excluding steroid dienone is 1. The smallest absolute Gasteiger partial charge is 0.177 e. The van der Waals surface area contributed by atoms with Crippen LogP contribution in [0, 0.1) is 0 Å². The lowest BCUT2D eigenvalue weighted by Crippen LogP contribution is -2.13. The van der Waals surface area contributed by atoms with Crippen molar-refractivity contribution in [3.8, 4) is 0 Å². The summed E-state index contributed by atoms with van der Waals surface area (Å²) in [7, 11) is 0. The third-order valence-electron chi connectivity index (χ3n) is 0.888. The quantitative estimate of drug-likeness (QED) is 0.411. The SMILES string of the molecule is C=CCc1nnnn1N. The highest BCUT2D eigenvalue weighted by atomic mass is 15.6. The van der Waals surface area contributed by atoms with Gasteiger partial charge in [-0.2, -0.15) is 0 Å². The summed E-state index contributed by atoms with van der Waals surface area (Å²) < 4.78 is 0. The monoisotopic (exact) mass is 125 g/mol.